The third kappa shape index (κ3) is 7.15. The summed E-state index contributed by atoms with van der Waals surface area (Å²) in [6, 6.07) is 15.7. The van der Waals surface area contributed by atoms with Crippen molar-refractivity contribution >= 4 is 23.7 Å². The molecule has 2 aromatic heterocycles. The van der Waals surface area contributed by atoms with Crippen LogP contribution in [0, 0.1) is 0 Å². The van der Waals surface area contributed by atoms with Crippen LogP contribution in [-0.4, -0.2) is 93.3 Å². The number of rotatable bonds is 12. The van der Waals surface area contributed by atoms with E-state index in [1.807, 2.05) is 48.5 Å². The smallest absolute Gasteiger partial charge is 0.426 e. The summed E-state index contributed by atoms with van der Waals surface area (Å²) in [5.74, 6) is 0.352. The van der Waals surface area contributed by atoms with Gasteiger partial charge in [0.1, 0.15) is 24.1 Å². The van der Waals surface area contributed by atoms with Crippen LogP contribution in [0.5, 0.6) is 0 Å². The second kappa shape index (κ2) is 14.6. The molecule has 4 aromatic rings. The number of hydrogen-bond acceptors (Lipinski definition) is 12. The number of imidazole rings is 1. The molecule has 1 N–H and O–H groups in total. The summed E-state index contributed by atoms with van der Waals surface area (Å²) < 4.78 is 34.6. The summed E-state index contributed by atoms with van der Waals surface area (Å²) in [4.78, 5) is 30.5. The minimum atomic E-state index is -1.28. The minimum Gasteiger partial charge on any atom is -0.426 e. The van der Waals surface area contributed by atoms with Crippen LogP contribution >= 0.6 is 11.6 Å². The largest absolute Gasteiger partial charge is 0.511 e. The molecule has 1 unspecified atom stereocenters. The zero-order chi connectivity index (χ0) is 32.9. The number of methoxy groups -OCH3 is 1. The Kier molecular flexibility index (Phi) is 10.1. The Balaban J connectivity index is 1.14. The van der Waals surface area contributed by atoms with Gasteiger partial charge >= 0.3 is 12.1 Å². The van der Waals surface area contributed by atoms with Gasteiger partial charge in [0, 0.05) is 32.6 Å². The van der Waals surface area contributed by atoms with E-state index in [9.17, 15) is 9.59 Å². The Bertz CT molecular complexity index is 1680. The summed E-state index contributed by atoms with van der Waals surface area (Å²) in [6.45, 7) is 4.26. The van der Waals surface area contributed by atoms with Gasteiger partial charge in [0.25, 0.3) is 0 Å². The van der Waals surface area contributed by atoms with Gasteiger partial charge in [-0.05, 0) is 28.3 Å². The van der Waals surface area contributed by atoms with Crippen molar-refractivity contribution in [2.24, 2.45) is 0 Å². The molecular formula is C32H35ClN6O8. The molecule has 0 bridgehead atoms. The van der Waals surface area contributed by atoms with Crippen molar-refractivity contribution in [2.75, 3.05) is 20.3 Å². The van der Waals surface area contributed by atoms with Crippen LogP contribution in [0.1, 0.15) is 48.6 Å². The Morgan fingerprint density at radius 2 is 1.77 bits per heavy atom. The summed E-state index contributed by atoms with van der Waals surface area (Å²) >= 11 is 6.52. The number of fused-ring (bicyclic) bond motifs is 1. The first-order chi connectivity index (χ1) is 22.9. The first kappa shape index (κ1) is 32.6. The third-order valence-corrected chi connectivity index (χ3v) is 8.38. The number of aromatic amines is 1. The van der Waals surface area contributed by atoms with E-state index in [-0.39, 0.29) is 29.7 Å². The predicted molar refractivity (Wildman–Crippen MR) is 167 cm³/mol. The molecule has 2 fully saturated rings. The number of hydrogen-bond donors (Lipinski definition) is 1. The number of nitrogens with zero attached hydrogens (tertiary/aromatic N) is 5. The summed E-state index contributed by atoms with van der Waals surface area (Å²) in [5.41, 5.74) is 3.71. The van der Waals surface area contributed by atoms with E-state index in [0.717, 1.165) is 35.1 Å². The Labute approximate surface area is 275 Å². The number of carbonyl (C=O) groups excluding carboxylic acids is 2. The van der Waals surface area contributed by atoms with Gasteiger partial charge in [-0.3, -0.25) is 0 Å². The van der Waals surface area contributed by atoms with E-state index in [1.165, 1.54) is 6.92 Å². The molecule has 5 atom stereocenters. The molecule has 6 rings (SSSR count). The Morgan fingerprint density at radius 3 is 2.47 bits per heavy atom. The molecule has 14 nitrogen and oxygen atoms in total. The molecule has 47 heavy (non-hydrogen) atoms. The molecule has 2 aliphatic rings. The van der Waals surface area contributed by atoms with Crippen molar-refractivity contribution in [3.63, 3.8) is 0 Å². The van der Waals surface area contributed by atoms with Crippen LogP contribution in [0.25, 0.3) is 22.5 Å². The topological polar surface area (TPSA) is 162 Å². The number of halogens is 1. The average molecular weight is 667 g/mol. The lowest BCUT2D eigenvalue weighted by Gasteiger charge is -2.19. The Morgan fingerprint density at radius 1 is 1.04 bits per heavy atom. The Hall–Kier alpha value is -4.37. The van der Waals surface area contributed by atoms with Crippen molar-refractivity contribution in [3.05, 3.63) is 70.8 Å². The molecule has 0 aliphatic carbocycles. The molecule has 0 radical (unpaired) electrons. The van der Waals surface area contributed by atoms with Crippen molar-refractivity contribution in [3.8, 4) is 22.5 Å². The number of unbranched alkanes of at least 4 members (excludes halogenated alkanes) is 1. The molecule has 0 spiro atoms. The quantitative estimate of drug-likeness (QED) is 0.165. The minimum absolute atomic E-state index is 0.00163. The maximum atomic E-state index is 13.4. The molecular weight excluding hydrogens is 632 g/mol. The van der Waals surface area contributed by atoms with Crippen LogP contribution in [0.3, 0.4) is 0 Å². The zero-order valence-electron chi connectivity index (χ0n) is 26.1. The van der Waals surface area contributed by atoms with E-state index in [0.29, 0.717) is 31.2 Å². The van der Waals surface area contributed by atoms with E-state index >= 15 is 0 Å². The maximum absolute atomic E-state index is 13.4. The van der Waals surface area contributed by atoms with E-state index in [1.54, 1.807) is 11.7 Å². The van der Waals surface area contributed by atoms with Crippen LogP contribution < -0.4 is 0 Å². The van der Waals surface area contributed by atoms with Gasteiger partial charge in [0.05, 0.1) is 13.2 Å². The number of carbonyl (C=O) groups is 2. The van der Waals surface area contributed by atoms with E-state index in [4.69, 9.17) is 40.0 Å². The molecule has 4 heterocycles. The number of benzene rings is 2. The lowest BCUT2D eigenvalue weighted by atomic mass is 9.98. The fourth-order valence-corrected chi connectivity index (χ4v) is 6.06. The lowest BCUT2D eigenvalue weighted by Crippen LogP contribution is -2.35. The molecule has 2 saturated heterocycles. The zero-order valence-corrected chi connectivity index (χ0v) is 26.9. The van der Waals surface area contributed by atoms with Gasteiger partial charge < -0.3 is 33.0 Å². The summed E-state index contributed by atoms with van der Waals surface area (Å²) in [5, 5.41) is 14.4. The highest BCUT2D eigenvalue weighted by molar-refractivity contribution is 6.32. The molecule has 0 saturated carbocycles. The van der Waals surface area contributed by atoms with Crippen LogP contribution in [-0.2, 0) is 41.4 Å². The second-order valence-corrected chi connectivity index (χ2v) is 11.6. The van der Waals surface area contributed by atoms with Gasteiger partial charge in [-0.2, -0.15) is 5.21 Å². The number of aromatic nitrogens is 6. The number of nitrogens with one attached hydrogen (secondary N) is 1. The lowest BCUT2D eigenvalue weighted by molar-refractivity contribution is -0.0993. The second-order valence-electron chi connectivity index (χ2n) is 11.2. The van der Waals surface area contributed by atoms with Crippen molar-refractivity contribution < 1.29 is 38.0 Å². The highest BCUT2D eigenvalue weighted by Gasteiger charge is 2.50. The van der Waals surface area contributed by atoms with Gasteiger partial charge in [-0.1, -0.05) is 73.5 Å². The molecule has 2 aromatic carbocycles. The molecule has 15 heteroatoms. The number of ether oxygens (including phenoxy) is 6. The van der Waals surface area contributed by atoms with Crippen molar-refractivity contribution in [1.29, 1.82) is 0 Å². The van der Waals surface area contributed by atoms with Gasteiger partial charge in [-0.15, -0.1) is 10.2 Å². The van der Waals surface area contributed by atoms with Gasteiger partial charge in [0.15, 0.2) is 17.0 Å². The van der Waals surface area contributed by atoms with E-state index < -0.39 is 30.6 Å². The third-order valence-electron chi connectivity index (χ3n) is 8.12. The normalized spacial score (nSPS) is 20.9. The van der Waals surface area contributed by atoms with Crippen LogP contribution in [0.15, 0.2) is 48.5 Å². The van der Waals surface area contributed by atoms with Gasteiger partial charge in [-0.25, -0.2) is 14.6 Å². The number of H-pyrrole nitrogens is 1. The molecule has 248 valence electrons. The number of esters is 1. The SMILES string of the molecule is CCCCc1nc(Cl)c(C(=O)OC(C)OC(=O)O[C@H]2CO[C@H]3[C@@H]2OC[C@@H]3OC)n1Cc1ccc(-c2ccccc2-c2nn[nH]n2)cc1. The van der Waals surface area contributed by atoms with Crippen molar-refractivity contribution in [1.82, 2.24) is 30.2 Å². The number of tetrazole rings is 1. The average Bonchev–Trinajstić information content (AvgIpc) is 3.87. The maximum Gasteiger partial charge on any atom is 0.511 e. The van der Waals surface area contributed by atoms with Crippen LogP contribution in [0.4, 0.5) is 4.79 Å². The van der Waals surface area contributed by atoms with E-state index in [2.05, 4.69) is 32.5 Å². The standard InChI is InChI=1S/C32H35ClN6O8/c1-4-5-10-25-34-29(33)26(31(40)45-18(2)46-32(41)47-24-17-44-27-23(42-3)16-43-28(24)27)39(25)15-19-11-13-20(14-12-19)21-8-6-7-9-22(21)30-35-37-38-36-30/h6-9,11-14,18,23-24,27-28H,4-5,10,15-17H2,1-3H3,(H,35,36,37,38)/t18?,23-,24-,27+,28+/m0/s1. The monoisotopic (exact) mass is 666 g/mol. The fraction of sp³-hybridized carbons (Fsp3) is 0.438. The summed E-state index contributed by atoms with van der Waals surface area (Å²) in [7, 11) is 1.57. The highest BCUT2D eigenvalue weighted by atomic mass is 35.5. The summed E-state index contributed by atoms with van der Waals surface area (Å²) in [6.07, 6.45) is -1.62. The number of aryl methyl sites for hydroxylation is 1. The van der Waals surface area contributed by atoms with Crippen molar-refractivity contribution in [2.45, 2.75) is 70.4 Å². The first-order valence-corrected chi connectivity index (χ1v) is 15.7. The van der Waals surface area contributed by atoms with Gasteiger partial charge in [0.2, 0.25) is 12.1 Å². The first-order valence-electron chi connectivity index (χ1n) is 15.4. The highest BCUT2D eigenvalue weighted by Crippen LogP contribution is 2.32. The molecule has 0 amide bonds. The predicted octanol–water partition coefficient (Wildman–Crippen LogP) is 4.61. The molecule has 2 aliphatic heterocycles. The fourth-order valence-electron chi connectivity index (χ4n) is 5.79. The van der Waals surface area contributed by atoms with Crippen LogP contribution in [0.2, 0.25) is 5.15 Å².